The fraction of sp³-hybridized carbons (Fsp3) is 0.167. The van der Waals surface area contributed by atoms with Gasteiger partial charge in [0.05, 0.1) is 41.4 Å². The second-order valence-corrected chi connectivity index (χ2v) is 7.92. The summed E-state index contributed by atoms with van der Waals surface area (Å²) in [7, 11) is 3.07. The van der Waals surface area contributed by atoms with E-state index in [1.807, 2.05) is 24.3 Å². The molecule has 0 spiro atoms. The van der Waals surface area contributed by atoms with Crippen LogP contribution < -0.4 is 14.9 Å². The van der Waals surface area contributed by atoms with Crippen molar-refractivity contribution in [2.24, 2.45) is 5.10 Å². The van der Waals surface area contributed by atoms with Gasteiger partial charge in [-0.2, -0.15) is 5.10 Å². The lowest BCUT2D eigenvalue weighted by Crippen LogP contribution is -2.19. The molecule has 0 radical (unpaired) electrons. The van der Waals surface area contributed by atoms with Crippen LogP contribution in [-0.4, -0.2) is 37.1 Å². The molecule has 0 unspecified atom stereocenters. The molecule has 0 aliphatic rings. The van der Waals surface area contributed by atoms with Crippen LogP contribution in [0.25, 0.3) is 10.2 Å². The molecule has 140 valence electrons. The Morgan fingerprint density at radius 1 is 1.30 bits per heavy atom. The van der Waals surface area contributed by atoms with Gasteiger partial charge >= 0.3 is 0 Å². The van der Waals surface area contributed by atoms with Crippen LogP contribution in [0.3, 0.4) is 0 Å². The molecule has 9 heteroatoms. The maximum Gasteiger partial charge on any atom is 0.250 e. The van der Waals surface area contributed by atoms with Gasteiger partial charge in [0, 0.05) is 11.6 Å². The number of amides is 1. The molecule has 27 heavy (non-hydrogen) atoms. The molecule has 1 aromatic heterocycles. The number of aromatic nitrogens is 1. The minimum atomic E-state index is -0.230. The average molecular weight is 422 g/mol. The number of halogens is 1. The van der Waals surface area contributed by atoms with E-state index < -0.39 is 0 Å². The van der Waals surface area contributed by atoms with E-state index in [0.29, 0.717) is 22.1 Å². The fourth-order valence-electron chi connectivity index (χ4n) is 2.22. The monoisotopic (exact) mass is 421 g/mol. The van der Waals surface area contributed by atoms with Crippen molar-refractivity contribution in [1.82, 2.24) is 10.4 Å². The van der Waals surface area contributed by atoms with Crippen LogP contribution in [-0.2, 0) is 4.79 Å². The number of nitrogens with zero attached hydrogens (tertiary/aromatic N) is 2. The first-order valence-electron chi connectivity index (χ1n) is 7.82. The Morgan fingerprint density at radius 3 is 2.78 bits per heavy atom. The number of hydrogen-bond donors (Lipinski definition) is 1. The number of methoxy groups -OCH3 is 2. The van der Waals surface area contributed by atoms with Crippen molar-refractivity contribution >= 4 is 57.0 Å². The minimum Gasteiger partial charge on any atom is -0.493 e. The molecule has 0 atom stereocenters. The summed E-state index contributed by atoms with van der Waals surface area (Å²) in [5.74, 6) is 1.04. The second kappa shape index (κ2) is 9.07. The molecular weight excluding hydrogens is 406 g/mol. The molecule has 6 nitrogen and oxygen atoms in total. The lowest BCUT2D eigenvalue weighted by molar-refractivity contribution is -0.118. The highest BCUT2D eigenvalue weighted by Gasteiger charge is 2.09. The molecular formula is C18H16ClN3O3S2. The molecule has 3 rings (SSSR count). The van der Waals surface area contributed by atoms with Gasteiger partial charge in [-0.05, 0) is 18.2 Å². The summed E-state index contributed by atoms with van der Waals surface area (Å²) >= 11 is 9.12. The Labute approximate surface area is 169 Å². The van der Waals surface area contributed by atoms with Gasteiger partial charge < -0.3 is 9.47 Å². The van der Waals surface area contributed by atoms with E-state index in [-0.39, 0.29) is 11.7 Å². The highest BCUT2D eigenvalue weighted by Crippen LogP contribution is 2.32. The zero-order chi connectivity index (χ0) is 19.2. The van der Waals surface area contributed by atoms with Crippen molar-refractivity contribution in [3.63, 3.8) is 0 Å². The molecule has 3 aromatic rings. The molecule has 1 N–H and O–H groups in total. The number of para-hydroxylation sites is 1. The Bertz CT molecular complexity index is 958. The average Bonchev–Trinajstić information content (AvgIpc) is 3.10. The zero-order valence-electron chi connectivity index (χ0n) is 14.6. The highest BCUT2D eigenvalue weighted by molar-refractivity contribution is 8.01. The molecule has 2 aromatic carbocycles. The second-order valence-electron chi connectivity index (χ2n) is 5.26. The Balaban J connectivity index is 1.57. The maximum absolute atomic E-state index is 12.0. The molecule has 1 amide bonds. The van der Waals surface area contributed by atoms with E-state index in [1.165, 1.54) is 32.2 Å². The van der Waals surface area contributed by atoms with Crippen molar-refractivity contribution in [2.75, 3.05) is 20.0 Å². The molecule has 0 bridgehead atoms. The van der Waals surface area contributed by atoms with Crippen LogP contribution in [0.5, 0.6) is 11.5 Å². The van der Waals surface area contributed by atoms with Crippen molar-refractivity contribution < 1.29 is 14.3 Å². The third-order valence-corrected chi connectivity index (χ3v) is 6.00. The van der Waals surface area contributed by atoms with E-state index in [4.69, 9.17) is 21.1 Å². The van der Waals surface area contributed by atoms with E-state index in [2.05, 4.69) is 15.5 Å². The van der Waals surface area contributed by atoms with Gasteiger partial charge in [-0.3, -0.25) is 4.79 Å². The van der Waals surface area contributed by atoms with Gasteiger partial charge in [0.25, 0.3) is 5.91 Å². The molecule has 0 aliphatic heterocycles. The van der Waals surface area contributed by atoms with E-state index in [9.17, 15) is 4.79 Å². The number of thiazole rings is 1. The largest absolute Gasteiger partial charge is 0.493 e. The highest BCUT2D eigenvalue weighted by atomic mass is 35.5. The number of nitrogens with one attached hydrogen (secondary N) is 1. The Kier molecular flexibility index (Phi) is 6.54. The normalized spacial score (nSPS) is 11.1. The third-order valence-electron chi connectivity index (χ3n) is 3.50. The number of fused-ring (bicyclic) bond motifs is 1. The van der Waals surface area contributed by atoms with Gasteiger partial charge in [-0.1, -0.05) is 35.5 Å². The lowest BCUT2D eigenvalue weighted by atomic mass is 10.2. The summed E-state index contributed by atoms with van der Waals surface area (Å²) < 4.78 is 12.4. The van der Waals surface area contributed by atoms with Crippen LogP contribution in [0.15, 0.2) is 45.8 Å². The SMILES string of the molecule is COc1cc(Cl)c(/C=N/NC(=O)CSc2nc3ccccc3s2)cc1OC. The number of hydrazone groups is 1. The number of carbonyl (C=O) groups excluding carboxylic acids is 1. The summed E-state index contributed by atoms with van der Waals surface area (Å²) in [6.07, 6.45) is 1.46. The molecule has 0 saturated heterocycles. The van der Waals surface area contributed by atoms with Crippen molar-refractivity contribution in [3.05, 3.63) is 47.0 Å². The zero-order valence-corrected chi connectivity index (χ0v) is 17.0. The molecule has 0 fully saturated rings. The van der Waals surface area contributed by atoms with Crippen molar-refractivity contribution in [3.8, 4) is 11.5 Å². The number of thioether (sulfide) groups is 1. The van der Waals surface area contributed by atoms with Gasteiger partial charge in [-0.25, -0.2) is 10.4 Å². The van der Waals surface area contributed by atoms with Crippen LogP contribution in [0.4, 0.5) is 0 Å². The first kappa shape index (κ1) is 19.5. The van der Waals surface area contributed by atoms with Crippen LogP contribution in [0, 0.1) is 0 Å². The predicted molar refractivity (Wildman–Crippen MR) is 111 cm³/mol. The van der Waals surface area contributed by atoms with Crippen molar-refractivity contribution in [1.29, 1.82) is 0 Å². The smallest absolute Gasteiger partial charge is 0.250 e. The van der Waals surface area contributed by atoms with Gasteiger partial charge in [0.15, 0.2) is 15.8 Å². The Hall–Kier alpha value is -2.29. The Morgan fingerprint density at radius 2 is 2.04 bits per heavy atom. The molecule has 0 aliphatic carbocycles. The summed E-state index contributed by atoms with van der Waals surface area (Å²) in [6.45, 7) is 0. The van der Waals surface area contributed by atoms with Gasteiger partial charge in [0.2, 0.25) is 0 Å². The third kappa shape index (κ3) is 4.91. The van der Waals surface area contributed by atoms with E-state index in [0.717, 1.165) is 14.6 Å². The van der Waals surface area contributed by atoms with Gasteiger partial charge in [0.1, 0.15) is 0 Å². The number of rotatable bonds is 7. The lowest BCUT2D eigenvalue weighted by Gasteiger charge is -2.09. The quantitative estimate of drug-likeness (QED) is 0.351. The standard InChI is InChI=1S/C18H16ClN3O3S2/c1-24-14-7-11(12(19)8-15(14)25-2)9-20-22-17(23)10-26-18-21-13-5-3-4-6-16(13)27-18/h3-9H,10H2,1-2H3,(H,22,23)/b20-9+. The van der Waals surface area contributed by atoms with Gasteiger partial charge in [-0.15, -0.1) is 11.3 Å². The topological polar surface area (TPSA) is 72.8 Å². The van der Waals surface area contributed by atoms with Crippen LogP contribution >= 0.6 is 34.7 Å². The first-order chi connectivity index (χ1) is 13.1. The fourth-order valence-corrected chi connectivity index (χ4v) is 4.28. The molecule has 0 saturated carbocycles. The number of carbonyl (C=O) groups is 1. The first-order valence-corrected chi connectivity index (χ1v) is 10.0. The number of hydrogen-bond acceptors (Lipinski definition) is 7. The number of ether oxygens (including phenoxy) is 2. The summed E-state index contributed by atoms with van der Waals surface area (Å²) in [5, 5.41) is 4.39. The molecule has 1 heterocycles. The minimum absolute atomic E-state index is 0.219. The summed E-state index contributed by atoms with van der Waals surface area (Å²) in [4.78, 5) is 16.5. The maximum atomic E-state index is 12.0. The van der Waals surface area contributed by atoms with E-state index >= 15 is 0 Å². The summed E-state index contributed by atoms with van der Waals surface area (Å²) in [6, 6.07) is 11.2. The van der Waals surface area contributed by atoms with E-state index in [1.54, 1.807) is 23.5 Å². The predicted octanol–water partition coefficient (Wildman–Crippen LogP) is 4.21. The summed E-state index contributed by atoms with van der Waals surface area (Å²) in [5.41, 5.74) is 4.03. The van der Waals surface area contributed by atoms with Crippen molar-refractivity contribution in [2.45, 2.75) is 4.34 Å². The number of benzene rings is 2. The van der Waals surface area contributed by atoms with Crippen LogP contribution in [0.1, 0.15) is 5.56 Å². The van der Waals surface area contributed by atoms with Crippen LogP contribution in [0.2, 0.25) is 5.02 Å².